The number of rotatable bonds is 6. The first kappa shape index (κ1) is 15.5. The standard InChI is InChI=1S/C15H25N3O/c1-5-12(3)18(4)10-9-17-15(19)13-8-6-7-11(2)14(13)16/h6-8,12H,5,9-10,16H2,1-4H3,(H,17,19). The summed E-state index contributed by atoms with van der Waals surface area (Å²) in [6.45, 7) is 7.72. The van der Waals surface area contributed by atoms with Crippen molar-refractivity contribution in [3.05, 3.63) is 29.3 Å². The highest BCUT2D eigenvalue weighted by atomic mass is 16.1. The SMILES string of the molecule is CCC(C)N(C)CCNC(=O)c1cccc(C)c1N. The molecule has 0 fully saturated rings. The van der Waals surface area contributed by atoms with Crippen LogP contribution in [0, 0.1) is 6.92 Å². The Bertz CT molecular complexity index is 431. The van der Waals surface area contributed by atoms with Crippen molar-refractivity contribution in [3.8, 4) is 0 Å². The van der Waals surface area contributed by atoms with Gasteiger partial charge in [0.2, 0.25) is 0 Å². The van der Waals surface area contributed by atoms with Gasteiger partial charge in [-0.25, -0.2) is 0 Å². The van der Waals surface area contributed by atoms with Gasteiger partial charge in [-0.2, -0.15) is 0 Å². The maximum absolute atomic E-state index is 12.0. The molecule has 19 heavy (non-hydrogen) atoms. The molecule has 0 aromatic heterocycles. The van der Waals surface area contributed by atoms with E-state index >= 15 is 0 Å². The summed E-state index contributed by atoms with van der Waals surface area (Å²) in [6.07, 6.45) is 1.11. The molecule has 0 aliphatic carbocycles. The zero-order chi connectivity index (χ0) is 14.4. The third-order valence-corrected chi connectivity index (χ3v) is 3.66. The van der Waals surface area contributed by atoms with Crippen LogP contribution in [-0.2, 0) is 0 Å². The molecule has 3 N–H and O–H groups in total. The van der Waals surface area contributed by atoms with E-state index in [9.17, 15) is 4.79 Å². The molecule has 4 nitrogen and oxygen atoms in total. The lowest BCUT2D eigenvalue weighted by molar-refractivity contribution is 0.0948. The fourth-order valence-electron chi connectivity index (χ4n) is 1.85. The van der Waals surface area contributed by atoms with Crippen LogP contribution in [0.15, 0.2) is 18.2 Å². The van der Waals surface area contributed by atoms with Crippen molar-refractivity contribution in [2.24, 2.45) is 0 Å². The van der Waals surface area contributed by atoms with Gasteiger partial charge in [-0.15, -0.1) is 0 Å². The van der Waals surface area contributed by atoms with Gasteiger partial charge in [0.15, 0.2) is 0 Å². The summed E-state index contributed by atoms with van der Waals surface area (Å²) in [4.78, 5) is 14.3. The first-order valence-electron chi connectivity index (χ1n) is 6.80. The molecule has 1 amide bonds. The number of hydrogen-bond donors (Lipinski definition) is 2. The molecule has 0 aliphatic heterocycles. The summed E-state index contributed by atoms with van der Waals surface area (Å²) in [5.74, 6) is -0.0984. The number of nitrogens with zero attached hydrogens (tertiary/aromatic N) is 1. The van der Waals surface area contributed by atoms with Crippen molar-refractivity contribution in [1.29, 1.82) is 0 Å². The number of carbonyl (C=O) groups is 1. The van der Waals surface area contributed by atoms with Gasteiger partial charge in [0.25, 0.3) is 5.91 Å². The van der Waals surface area contributed by atoms with Crippen molar-refractivity contribution < 1.29 is 4.79 Å². The lowest BCUT2D eigenvalue weighted by Gasteiger charge is -2.23. The third-order valence-electron chi connectivity index (χ3n) is 3.66. The number of para-hydroxylation sites is 1. The normalized spacial score (nSPS) is 12.5. The number of nitrogen functional groups attached to an aromatic ring is 1. The van der Waals surface area contributed by atoms with Gasteiger partial charge >= 0.3 is 0 Å². The molecule has 1 aromatic rings. The van der Waals surface area contributed by atoms with Crippen LogP contribution in [0.25, 0.3) is 0 Å². The van der Waals surface area contributed by atoms with Crippen molar-refractivity contribution in [3.63, 3.8) is 0 Å². The smallest absolute Gasteiger partial charge is 0.253 e. The zero-order valence-electron chi connectivity index (χ0n) is 12.4. The Morgan fingerprint density at radius 1 is 1.47 bits per heavy atom. The molecular weight excluding hydrogens is 238 g/mol. The van der Waals surface area contributed by atoms with Crippen LogP contribution >= 0.6 is 0 Å². The van der Waals surface area contributed by atoms with Gasteiger partial charge < -0.3 is 16.0 Å². The molecule has 4 heteroatoms. The Labute approximate surface area is 116 Å². The average Bonchev–Trinajstić information content (AvgIpc) is 2.40. The molecule has 0 bridgehead atoms. The molecule has 0 spiro atoms. The number of aryl methyl sites for hydroxylation is 1. The first-order valence-corrected chi connectivity index (χ1v) is 6.80. The fraction of sp³-hybridized carbons (Fsp3) is 0.533. The second-order valence-electron chi connectivity index (χ2n) is 5.03. The minimum atomic E-state index is -0.0984. The minimum Gasteiger partial charge on any atom is -0.398 e. The molecule has 0 aliphatic rings. The predicted molar refractivity (Wildman–Crippen MR) is 80.3 cm³/mol. The molecular formula is C15H25N3O. The predicted octanol–water partition coefficient (Wildman–Crippen LogP) is 2.04. The van der Waals surface area contributed by atoms with Crippen LogP contribution in [0.5, 0.6) is 0 Å². The maximum Gasteiger partial charge on any atom is 0.253 e. The van der Waals surface area contributed by atoms with Crippen molar-refractivity contribution >= 4 is 11.6 Å². The van der Waals surface area contributed by atoms with E-state index < -0.39 is 0 Å². The van der Waals surface area contributed by atoms with E-state index in [1.807, 2.05) is 19.1 Å². The Hall–Kier alpha value is -1.55. The number of amides is 1. The number of benzene rings is 1. The van der Waals surface area contributed by atoms with Gasteiger partial charge in [0.1, 0.15) is 0 Å². The van der Waals surface area contributed by atoms with Crippen LogP contribution in [0.1, 0.15) is 36.2 Å². The summed E-state index contributed by atoms with van der Waals surface area (Å²) >= 11 is 0. The number of likely N-dealkylation sites (N-methyl/N-ethyl adjacent to an activating group) is 1. The Morgan fingerprint density at radius 3 is 2.79 bits per heavy atom. The van der Waals surface area contributed by atoms with Crippen LogP contribution < -0.4 is 11.1 Å². The molecule has 0 saturated heterocycles. The molecule has 1 rings (SSSR count). The third kappa shape index (κ3) is 4.24. The molecule has 0 heterocycles. The van der Waals surface area contributed by atoms with Gasteiger partial charge in [0, 0.05) is 24.8 Å². The number of nitrogens with one attached hydrogen (secondary N) is 1. The second-order valence-corrected chi connectivity index (χ2v) is 5.03. The van der Waals surface area contributed by atoms with E-state index in [1.165, 1.54) is 0 Å². The molecule has 1 atom stereocenters. The molecule has 0 saturated carbocycles. The monoisotopic (exact) mass is 263 g/mol. The number of nitrogens with two attached hydrogens (primary N) is 1. The topological polar surface area (TPSA) is 58.4 Å². The van der Waals surface area contributed by atoms with E-state index in [-0.39, 0.29) is 5.91 Å². The van der Waals surface area contributed by atoms with E-state index in [1.54, 1.807) is 6.07 Å². The highest BCUT2D eigenvalue weighted by Crippen LogP contribution is 2.15. The van der Waals surface area contributed by atoms with Crippen LogP contribution in [0.4, 0.5) is 5.69 Å². The average molecular weight is 263 g/mol. The zero-order valence-corrected chi connectivity index (χ0v) is 12.4. The van der Waals surface area contributed by atoms with E-state index in [0.29, 0.717) is 23.8 Å². The molecule has 1 aromatic carbocycles. The van der Waals surface area contributed by atoms with Crippen molar-refractivity contribution in [2.45, 2.75) is 33.2 Å². The van der Waals surface area contributed by atoms with Crippen LogP contribution in [0.2, 0.25) is 0 Å². The van der Waals surface area contributed by atoms with Crippen molar-refractivity contribution in [1.82, 2.24) is 10.2 Å². The Kier molecular flexibility index (Phi) is 5.83. The summed E-state index contributed by atoms with van der Waals surface area (Å²) < 4.78 is 0. The second kappa shape index (κ2) is 7.14. The van der Waals surface area contributed by atoms with Gasteiger partial charge in [0.05, 0.1) is 5.56 Å². The van der Waals surface area contributed by atoms with E-state index in [0.717, 1.165) is 18.5 Å². The highest BCUT2D eigenvalue weighted by molar-refractivity contribution is 5.99. The number of anilines is 1. The molecule has 0 radical (unpaired) electrons. The van der Waals surface area contributed by atoms with Gasteiger partial charge in [-0.05, 0) is 38.9 Å². The highest BCUT2D eigenvalue weighted by Gasteiger charge is 2.11. The summed E-state index contributed by atoms with van der Waals surface area (Å²) in [7, 11) is 2.07. The van der Waals surface area contributed by atoms with Gasteiger partial charge in [-0.1, -0.05) is 19.1 Å². The largest absolute Gasteiger partial charge is 0.398 e. The summed E-state index contributed by atoms with van der Waals surface area (Å²) in [6, 6.07) is 6.05. The quantitative estimate of drug-likeness (QED) is 0.772. The molecule has 1 unspecified atom stereocenters. The van der Waals surface area contributed by atoms with Crippen LogP contribution in [-0.4, -0.2) is 37.0 Å². The fourth-order valence-corrected chi connectivity index (χ4v) is 1.85. The Balaban J connectivity index is 2.50. The molecule has 106 valence electrons. The number of hydrogen-bond acceptors (Lipinski definition) is 3. The Morgan fingerprint density at radius 2 is 2.16 bits per heavy atom. The minimum absolute atomic E-state index is 0.0984. The van der Waals surface area contributed by atoms with Gasteiger partial charge in [-0.3, -0.25) is 4.79 Å². The summed E-state index contributed by atoms with van der Waals surface area (Å²) in [5, 5.41) is 2.92. The van der Waals surface area contributed by atoms with Crippen LogP contribution in [0.3, 0.4) is 0 Å². The lowest BCUT2D eigenvalue weighted by atomic mass is 10.1. The lowest BCUT2D eigenvalue weighted by Crippen LogP contribution is -2.37. The van der Waals surface area contributed by atoms with Crippen molar-refractivity contribution in [2.75, 3.05) is 25.9 Å². The van der Waals surface area contributed by atoms with E-state index in [2.05, 4.69) is 31.1 Å². The maximum atomic E-state index is 12.0. The number of carbonyl (C=O) groups excluding carboxylic acids is 1. The summed E-state index contributed by atoms with van der Waals surface area (Å²) in [5.41, 5.74) is 7.97. The first-order chi connectivity index (χ1) is 8.97. The van der Waals surface area contributed by atoms with E-state index in [4.69, 9.17) is 5.73 Å².